The quantitative estimate of drug-likeness (QED) is 0.467. The van der Waals surface area contributed by atoms with Crippen molar-refractivity contribution in [3.63, 3.8) is 0 Å². The minimum Gasteiger partial charge on any atom is -0.297 e. The van der Waals surface area contributed by atoms with Gasteiger partial charge < -0.3 is 0 Å². The molecule has 0 spiro atoms. The normalized spacial score (nSPS) is 16.1. The summed E-state index contributed by atoms with van der Waals surface area (Å²) in [6, 6.07) is 32.4. The van der Waals surface area contributed by atoms with Crippen molar-refractivity contribution in [1.29, 1.82) is 0 Å². The Balaban J connectivity index is 1.85. The molecule has 4 aromatic carbocycles. The van der Waals surface area contributed by atoms with Crippen LogP contribution in [0.5, 0.6) is 0 Å². The summed E-state index contributed by atoms with van der Waals surface area (Å²) in [5.41, 5.74) is 3.98. The van der Waals surface area contributed by atoms with E-state index in [2.05, 4.69) is 36.4 Å². The van der Waals surface area contributed by atoms with Crippen LogP contribution >= 0.6 is 0 Å². The number of hydrogen-bond acceptors (Lipinski definition) is 1. The molecule has 0 fully saturated rings. The zero-order valence-corrected chi connectivity index (χ0v) is 14.2. The Morgan fingerprint density at radius 1 is 0.654 bits per heavy atom. The number of nitrogens with zero attached hydrogens (tertiary/aromatic N) is 1. The van der Waals surface area contributed by atoms with E-state index in [1.54, 1.807) is 0 Å². The number of hydrogen-bond donors (Lipinski definition) is 0. The van der Waals surface area contributed by atoms with Crippen molar-refractivity contribution >= 4 is 22.4 Å². The Labute approximate surface area is 152 Å². The number of amides is 1. The van der Waals surface area contributed by atoms with Crippen molar-refractivity contribution in [3.05, 3.63) is 114 Å². The number of benzene rings is 4. The van der Waals surface area contributed by atoms with Gasteiger partial charge >= 0.3 is 0 Å². The van der Waals surface area contributed by atoms with Crippen molar-refractivity contribution in [2.45, 2.75) is 6.04 Å². The van der Waals surface area contributed by atoms with Gasteiger partial charge in [0.25, 0.3) is 5.91 Å². The lowest BCUT2D eigenvalue weighted by atomic mass is 9.85. The lowest BCUT2D eigenvalue weighted by Gasteiger charge is -2.37. The van der Waals surface area contributed by atoms with E-state index in [9.17, 15) is 4.79 Å². The summed E-state index contributed by atoms with van der Waals surface area (Å²) < 4.78 is 0. The average molecular weight is 335 g/mol. The van der Waals surface area contributed by atoms with Gasteiger partial charge in [0.15, 0.2) is 0 Å². The van der Waals surface area contributed by atoms with Crippen LogP contribution in [0, 0.1) is 0 Å². The minimum absolute atomic E-state index is 0.0503. The molecule has 0 N–H and O–H groups in total. The summed E-state index contributed by atoms with van der Waals surface area (Å²) in [4.78, 5) is 15.4. The molecule has 1 heterocycles. The second-order valence-corrected chi connectivity index (χ2v) is 6.57. The molecule has 0 saturated heterocycles. The zero-order chi connectivity index (χ0) is 17.5. The Kier molecular flexibility index (Phi) is 3.36. The highest BCUT2D eigenvalue weighted by Crippen LogP contribution is 2.42. The van der Waals surface area contributed by atoms with E-state index in [-0.39, 0.29) is 11.9 Å². The Morgan fingerprint density at radius 3 is 2.04 bits per heavy atom. The third kappa shape index (κ3) is 2.16. The molecule has 1 unspecified atom stereocenters. The van der Waals surface area contributed by atoms with Crippen molar-refractivity contribution in [2.24, 2.45) is 0 Å². The van der Waals surface area contributed by atoms with Crippen LogP contribution in [-0.4, -0.2) is 5.91 Å². The highest BCUT2D eigenvalue weighted by Gasteiger charge is 2.35. The fourth-order valence-corrected chi connectivity index (χ4v) is 3.98. The maximum atomic E-state index is 13.5. The summed E-state index contributed by atoms with van der Waals surface area (Å²) in [6.45, 7) is 0. The molecular formula is C24H17NO. The average Bonchev–Trinajstić information content (AvgIpc) is 2.71. The lowest BCUT2D eigenvalue weighted by Crippen LogP contribution is -2.39. The van der Waals surface area contributed by atoms with Crippen LogP contribution < -0.4 is 4.90 Å². The molecule has 2 nitrogen and oxygen atoms in total. The van der Waals surface area contributed by atoms with Crippen molar-refractivity contribution in [2.75, 3.05) is 4.90 Å². The maximum Gasteiger partial charge on any atom is 0.259 e. The number of carbonyl (C=O) groups excluding carboxylic acids is 1. The fourth-order valence-electron chi connectivity index (χ4n) is 3.98. The minimum atomic E-state index is -0.135. The Bertz CT molecular complexity index is 1100. The van der Waals surface area contributed by atoms with Gasteiger partial charge in [-0.05, 0) is 34.7 Å². The number of para-hydroxylation sites is 1. The van der Waals surface area contributed by atoms with E-state index in [0.29, 0.717) is 0 Å². The molecule has 4 aromatic rings. The van der Waals surface area contributed by atoms with Crippen LogP contribution in [0.15, 0.2) is 97.1 Å². The first kappa shape index (κ1) is 14.9. The first-order valence-corrected chi connectivity index (χ1v) is 8.80. The van der Waals surface area contributed by atoms with Gasteiger partial charge in [-0.1, -0.05) is 78.9 Å². The first-order chi connectivity index (χ1) is 12.8. The maximum absolute atomic E-state index is 13.5. The molecular weight excluding hydrogens is 318 g/mol. The molecule has 0 aromatic heterocycles. The number of rotatable bonds is 2. The summed E-state index contributed by atoms with van der Waals surface area (Å²) in [5, 5.41) is 2.18. The molecule has 124 valence electrons. The van der Waals surface area contributed by atoms with Gasteiger partial charge in [0.2, 0.25) is 0 Å². The second-order valence-electron chi connectivity index (χ2n) is 6.57. The second kappa shape index (κ2) is 5.85. The van der Waals surface area contributed by atoms with Gasteiger partial charge in [0.05, 0.1) is 6.04 Å². The number of carbonyl (C=O) groups is 1. The van der Waals surface area contributed by atoms with E-state index in [4.69, 9.17) is 0 Å². The van der Waals surface area contributed by atoms with Gasteiger partial charge in [-0.25, -0.2) is 0 Å². The summed E-state index contributed by atoms with van der Waals surface area (Å²) in [6.07, 6.45) is 0. The number of anilines is 1. The molecule has 0 bridgehead atoms. The van der Waals surface area contributed by atoms with E-state index >= 15 is 0 Å². The standard InChI is InChI=1S/C24H17NO/c26-24-21-16-8-12-17-11-7-15-20(22(17)21)23(18-9-3-1-4-10-18)25(24)19-13-5-2-6-14-19/h1-16,23H. The molecule has 1 amide bonds. The summed E-state index contributed by atoms with van der Waals surface area (Å²) in [5.74, 6) is 0.0503. The SMILES string of the molecule is O=C1c2cccc3cccc(c23)C(c2ccccc2)N1c1ccccc1. The lowest BCUT2D eigenvalue weighted by molar-refractivity contribution is 0.0978. The Hall–Kier alpha value is -3.39. The molecule has 0 radical (unpaired) electrons. The molecule has 5 rings (SSSR count). The molecule has 1 aliphatic rings. The van der Waals surface area contributed by atoms with Gasteiger partial charge in [-0.2, -0.15) is 0 Å². The molecule has 26 heavy (non-hydrogen) atoms. The van der Waals surface area contributed by atoms with Gasteiger partial charge in [0.1, 0.15) is 0 Å². The van der Waals surface area contributed by atoms with Crippen LogP contribution in [-0.2, 0) is 0 Å². The topological polar surface area (TPSA) is 20.3 Å². The molecule has 2 heteroatoms. The van der Waals surface area contributed by atoms with Crippen LogP contribution in [0.25, 0.3) is 10.8 Å². The zero-order valence-electron chi connectivity index (χ0n) is 14.2. The van der Waals surface area contributed by atoms with E-state index in [0.717, 1.165) is 27.6 Å². The summed E-state index contributed by atoms with van der Waals surface area (Å²) in [7, 11) is 0. The van der Waals surface area contributed by atoms with Crippen LogP contribution in [0.1, 0.15) is 27.5 Å². The van der Waals surface area contributed by atoms with Gasteiger partial charge in [0, 0.05) is 16.6 Å². The highest BCUT2D eigenvalue weighted by atomic mass is 16.2. The van der Waals surface area contributed by atoms with Crippen molar-refractivity contribution in [1.82, 2.24) is 0 Å². The van der Waals surface area contributed by atoms with Crippen LogP contribution in [0.3, 0.4) is 0 Å². The first-order valence-electron chi connectivity index (χ1n) is 8.80. The van der Waals surface area contributed by atoms with E-state index in [1.165, 1.54) is 5.56 Å². The van der Waals surface area contributed by atoms with E-state index in [1.807, 2.05) is 65.6 Å². The fraction of sp³-hybridized carbons (Fsp3) is 0.0417. The van der Waals surface area contributed by atoms with Gasteiger partial charge in [-0.3, -0.25) is 9.69 Å². The predicted octanol–water partition coefficient (Wildman–Crippen LogP) is 5.59. The van der Waals surface area contributed by atoms with Crippen molar-refractivity contribution in [3.8, 4) is 0 Å². The van der Waals surface area contributed by atoms with E-state index < -0.39 is 0 Å². The largest absolute Gasteiger partial charge is 0.297 e. The smallest absolute Gasteiger partial charge is 0.259 e. The molecule has 1 atom stereocenters. The third-order valence-corrected chi connectivity index (χ3v) is 5.09. The van der Waals surface area contributed by atoms with Gasteiger partial charge in [-0.15, -0.1) is 0 Å². The highest BCUT2D eigenvalue weighted by molar-refractivity contribution is 6.18. The third-order valence-electron chi connectivity index (χ3n) is 5.09. The molecule has 0 aliphatic carbocycles. The monoisotopic (exact) mass is 335 g/mol. The molecule has 0 saturated carbocycles. The summed E-state index contributed by atoms with van der Waals surface area (Å²) >= 11 is 0. The predicted molar refractivity (Wildman–Crippen MR) is 105 cm³/mol. The molecule has 1 aliphatic heterocycles. The van der Waals surface area contributed by atoms with Crippen LogP contribution in [0.4, 0.5) is 5.69 Å². The Morgan fingerprint density at radius 2 is 1.31 bits per heavy atom. The van der Waals surface area contributed by atoms with Crippen LogP contribution in [0.2, 0.25) is 0 Å². The van der Waals surface area contributed by atoms with Crippen molar-refractivity contribution < 1.29 is 4.79 Å².